The van der Waals surface area contributed by atoms with Crippen LogP contribution in [-0.4, -0.2) is 41.6 Å². The van der Waals surface area contributed by atoms with Crippen LogP contribution in [0.5, 0.6) is 0 Å². The molecule has 0 saturated carbocycles. The highest BCUT2D eigenvalue weighted by molar-refractivity contribution is 5.93. The molecule has 1 saturated heterocycles. The van der Waals surface area contributed by atoms with Gasteiger partial charge in [0.1, 0.15) is 0 Å². The van der Waals surface area contributed by atoms with Crippen molar-refractivity contribution < 1.29 is 0 Å². The predicted octanol–water partition coefficient (Wildman–Crippen LogP) is 2.17. The van der Waals surface area contributed by atoms with E-state index in [1.807, 2.05) is 7.05 Å². The zero-order chi connectivity index (χ0) is 17.9. The Labute approximate surface area is 141 Å². The van der Waals surface area contributed by atoms with Gasteiger partial charge in [0, 0.05) is 29.7 Å². The second-order valence-corrected chi connectivity index (χ2v) is 8.56. The first-order valence-corrected chi connectivity index (χ1v) is 8.57. The van der Waals surface area contributed by atoms with Crippen molar-refractivity contribution in [1.29, 1.82) is 5.41 Å². The van der Waals surface area contributed by atoms with Crippen LogP contribution < -0.4 is 21.3 Å². The lowest BCUT2D eigenvalue weighted by molar-refractivity contribution is 0.155. The molecule has 1 heterocycles. The molecule has 134 valence electrons. The number of aliphatic imine (C=N–C) groups is 1. The van der Waals surface area contributed by atoms with Gasteiger partial charge >= 0.3 is 0 Å². The summed E-state index contributed by atoms with van der Waals surface area (Å²) in [6, 6.07) is 0.319. The molecule has 1 fully saturated rings. The standard InChI is InChI=1S/C17H36N6/c1-9-15(2,3)22-13(18)21-14(19-8)20-12-10-16(4,5)23-17(6,7)11-12/h12,23H,9-11H2,1-8H3,(H4,18,19,20,21,22). The highest BCUT2D eigenvalue weighted by Crippen LogP contribution is 2.28. The largest absolute Gasteiger partial charge is 0.359 e. The summed E-state index contributed by atoms with van der Waals surface area (Å²) in [6.45, 7) is 15.2. The molecule has 0 radical (unpaired) electrons. The van der Waals surface area contributed by atoms with Crippen molar-refractivity contribution in [2.24, 2.45) is 4.99 Å². The summed E-state index contributed by atoms with van der Waals surface area (Å²) in [7, 11) is 1.83. The Balaban J connectivity index is 2.75. The number of piperidine rings is 1. The van der Waals surface area contributed by atoms with Crippen LogP contribution in [-0.2, 0) is 0 Å². The van der Waals surface area contributed by atoms with Crippen LogP contribution in [0, 0.1) is 5.41 Å². The molecule has 0 spiro atoms. The smallest absolute Gasteiger partial charge is 0.218 e. The average molecular weight is 325 g/mol. The van der Waals surface area contributed by atoms with Crippen molar-refractivity contribution in [2.45, 2.75) is 90.4 Å². The van der Waals surface area contributed by atoms with E-state index in [1.54, 1.807) is 0 Å². The minimum absolute atomic E-state index is 0.0776. The van der Waals surface area contributed by atoms with Gasteiger partial charge in [0.2, 0.25) is 5.96 Å². The second-order valence-electron chi connectivity index (χ2n) is 8.56. The van der Waals surface area contributed by atoms with E-state index in [0.29, 0.717) is 12.0 Å². The monoisotopic (exact) mass is 324 g/mol. The maximum absolute atomic E-state index is 8.06. The van der Waals surface area contributed by atoms with Gasteiger partial charge in [-0.2, -0.15) is 4.99 Å². The first kappa shape index (κ1) is 19.7. The average Bonchev–Trinajstić information content (AvgIpc) is 2.33. The summed E-state index contributed by atoms with van der Waals surface area (Å²) in [5.74, 6) is 0.828. The van der Waals surface area contributed by atoms with Crippen LogP contribution in [0.1, 0.15) is 67.7 Å². The number of hydrogen-bond donors (Lipinski definition) is 5. The first-order valence-electron chi connectivity index (χ1n) is 8.57. The van der Waals surface area contributed by atoms with Crippen LogP contribution >= 0.6 is 0 Å². The van der Waals surface area contributed by atoms with Gasteiger partial charge in [0.05, 0.1) is 0 Å². The van der Waals surface area contributed by atoms with Crippen molar-refractivity contribution in [3.05, 3.63) is 0 Å². The summed E-state index contributed by atoms with van der Waals surface area (Å²) >= 11 is 0. The number of nitrogens with zero attached hydrogens (tertiary/aromatic N) is 1. The normalized spacial score (nSPS) is 21.7. The van der Waals surface area contributed by atoms with Crippen molar-refractivity contribution in [3.63, 3.8) is 0 Å². The van der Waals surface area contributed by atoms with E-state index in [4.69, 9.17) is 5.41 Å². The van der Waals surface area contributed by atoms with Crippen LogP contribution in [0.3, 0.4) is 0 Å². The molecule has 6 heteroatoms. The molecule has 0 aromatic carbocycles. The molecule has 1 rings (SSSR count). The zero-order valence-corrected chi connectivity index (χ0v) is 16.1. The van der Waals surface area contributed by atoms with Crippen molar-refractivity contribution in [3.8, 4) is 0 Å². The molecule has 0 unspecified atom stereocenters. The van der Waals surface area contributed by atoms with E-state index in [2.05, 4.69) is 74.7 Å². The Morgan fingerprint density at radius 3 is 2.17 bits per heavy atom. The molecule has 0 bridgehead atoms. The zero-order valence-electron chi connectivity index (χ0n) is 16.1. The summed E-state index contributed by atoms with van der Waals surface area (Å²) in [5, 5.41) is 21.4. The number of hydrogen-bond acceptors (Lipinski definition) is 2. The fraction of sp³-hybridized carbons (Fsp3) is 0.882. The Morgan fingerprint density at radius 1 is 1.22 bits per heavy atom. The first-order chi connectivity index (χ1) is 10.4. The lowest BCUT2D eigenvalue weighted by atomic mass is 9.80. The maximum Gasteiger partial charge on any atom is 0.218 e. The Bertz CT molecular complexity index is 434. The molecule has 0 aromatic heterocycles. The van der Waals surface area contributed by atoms with Gasteiger partial charge in [-0.3, -0.25) is 5.41 Å². The topological polar surface area (TPSA) is 84.3 Å². The molecule has 1 aliphatic rings. The van der Waals surface area contributed by atoms with Crippen LogP contribution in [0.25, 0.3) is 0 Å². The SMILES string of the molecule is CCC(C)(C)NC(=N)/N=C(\NC)NC1CC(C)(C)NC(C)(C)C1. The third kappa shape index (κ3) is 6.77. The minimum atomic E-state index is -0.127. The maximum atomic E-state index is 8.06. The molecular formula is C17H36N6. The quantitative estimate of drug-likeness (QED) is 0.407. The fourth-order valence-corrected chi connectivity index (χ4v) is 3.33. The summed E-state index contributed by atoms with van der Waals surface area (Å²) in [5.41, 5.74) is 0.0284. The third-order valence-electron chi connectivity index (χ3n) is 4.33. The molecule has 0 aliphatic carbocycles. The molecule has 6 nitrogen and oxygen atoms in total. The van der Waals surface area contributed by atoms with E-state index in [0.717, 1.165) is 19.3 Å². The second kappa shape index (κ2) is 7.07. The van der Waals surface area contributed by atoms with E-state index in [1.165, 1.54) is 0 Å². The number of nitrogens with one attached hydrogen (secondary N) is 5. The van der Waals surface area contributed by atoms with Crippen LogP contribution in [0.4, 0.5) is 0 Å². The molecule has 5 N–H and O–H groups in total. The van der Waals surface area contributed by atoms with E-state index < -0.39 is 0 Å². The Morgan fingerprint density at radius 2 is 1.74 bits per heavy atom. The van der Waals surface area contributed by atoms with Crippen molar-refractivity contribution in [1.82, 2.24) is 21.3 Å². The lowest BCUT2D eigenvalue weighted by Gasteiger charge is -2.46. The molecule has 23 heavy (non-hydrogen) atoms. The van der Waals surface area contributed by atoms with E-state index in [9.17, 15) is 0 Å². The van der Waals surface area contributed by atoms with E-state index in [-0.39, 0.29) is 22.6 Å². The predicted molar refractivity (Wildman–Crippen MR) is 99.2 cm³/mol. The van der Waals surface area contributed by atoms with Gasteiger partial charge < -0.3 is 21.3 Å². The van der Waals surface area contributed by atoms with Gasteiger partial charge in [-0.1, -0.05) is 6.92 Å². The molecular weight excluding hydrogens is 288 g/mol. The molecule has 0 atom stereocenters. The van der Waals surface area contributed by atoms with Gasteiger partial charge in [-0.25, -0.2) is 0 Å². The van der Waals surface area contributed by atoms with Crippen LogP contribution in [0.15, 0.2) is 4.99 Å². The van der Waals surface area contributed by atoms with Gasteiger partial charge in [-0.15, -0.1) is 0 Å². The Kier molecular flexibility index (Phi) is 6.07. The van der Waals surface area contributed by atoms with E-state index >= 15 is 0 Å². The minimum Gasteiger partial charge on any atom is -0.359 e. The highest BCUT2D eigenvalue weighted by Gasteiger charge is 2.37. The van der Waals surface area contributed by atoms with Crippen molar-refractivity contribution >= 4 is 11.9 Å². The lowest BCUT2D eigenvalue weighted by Crippen LogP contribution is -2.62. The third-order valence-corrected chi connectivity index (χ3v) is 4.33. The summed E-state index contributed by atoms with van der Waals surface area (Å²) < 4.78 is 0. The molecule has 0 amide bonds. The molecule has 1 aliphatic heterocycles. The van der Waals surface area contributed by atoms with Gasteiger partial charge in [0.15, 0.2) is 5.96 Å². The van der Waals surface area contributed by atoms with Crippen molar-refractivity contribution in [2.75, 3.05) is 7.05 Å². The Hall–Kier alpha value is -1.30. The number of rotatable bonds is 3. The summed E-state index contributed by atoms with van der Waals surface area (Å²) in [6.07, 6.45) is 2.96. The van der Waals surface area contributed by atoms with Crippen LogP contribution in [0.2, 0.25) is 0 Å². The molecule has 0 aromatic rings. The van der Waals surface area contributed by atoms with Gasteiger partial charge in [0.25, 0.3) is 0 Å². The summed E-state index contributed by atoms with van der Waals surface area (Å²) in [4.78, 5) is 4.36. The fourth-order valence-electron chi connectivity index (χ4n) is 3.33. The number of guanidine groups is 2. The highest BCUT2D eigenvalue weighted by atomic mass is 15.2. The van der Waals surface area contributed by atoms with Gasteiger partial charge in [-0.05, 0) is 60.8 Å².